The molecule has 0 saturated heterocycles. The lowest BCUT2D eigenvalue weighted by molar-refractivity contribution is -0.690. The fourth-order valence-corrected chi connectivity index (χ4v) is 4.64. The molecule has 5 rings (SSSR count). The Labute approximate surface area is 187 Å². The molecule has 3 N–H and O–H groups in total. The van der Waals surface area contributed by atoms with Crippen LogP contribution in [0.2, 0.25) is 5.02 Å². The van der Waals surface area contributed by atoms with E-state index in [4.69, 9.17) is 21.1 Å². The minimum absolute atomic E-state index is 0.216. The number of hydrogen-bond acceptors (Lipinski definition) is 2. The van der Waals surface area contributed by atoms with Gasteiger partial charge in [0.25, 0.3) is 0 Å². The summed E-state index contributed by atoms with van der Waals surface area (Å²) in [6, 6.07) is 22.8. The molecule has 158 valence electrons. The monoisotopic (exact) mass is 433 g/mol. The van der Waals surface area contributed by atoms with Crippen LogP contribution >= 0.6 is 11.6 Å². The highest BCUT2D eigenvalue weighted by Crippen LogP contribution is 2.35. The van der Waals surface area contributed by atoms with Crippen molar-refractivity contribution >= 4 is 22.5 Å². The molecule has 1 unspecified atom stereocenters. The quantitative estimate of drug-likeness (QED) is 0.449. The van der Waals surface area contributed by atoms with Crippen LogP contribution in [0, 0.1) is 0 Å². The number of benzene rings is 3. The summed E-state index contributed by atoms with van der Waals surface area (Å²) in [6.45, 7) is 4.04. The zero-order chi connectivity index (χ0) is 21.2. The Morgan fingerprint density at radius 1 is 1.00 bits per heavy atom. The minimum atomic E-state index is 0.216. The number of H-pyrrole nitrogens is 1. The molecule has 0 fully saturated rings. The van der Waals surface area contributed by atoms with E-state index >= 15 is 0 Å². The number of nitrogens with two attached hydrogens (primary N) is 1. The average Bonchev–Trinajstić information content (AvgIpc) is 3.18. The summed E-state index contributed by atoms with van der Waals surface area (Å²) in [5.41, 5.74) is 6.09. The van der Waals surface area contributed by atoms with Crippen molar-refractivity contribution in [1.29, 1.82) is 0 Å². The van der Waals surface area contributed by atoms with Crippen LogP contribution in [0.4, 0.5) is 0 Å². The first-order valence-electron chi connectivity index (χ1n) is 10.8. The lowest BCUT2D eigenvalue weighted by Crippen LogP contribution is -2.87. The summed E-state index contributed by atoms with van der Waals surface area (Å²) < 4.78 is 12.0. The topological polar surface area (TPSA) is 50.9 Å². The van der Waals surface area contributed by atoms with Gasteiger partial charge in [0.15, 0.2) is 17.5 Å². The Morgan fingerprint density at radius 2 is 1.84 bits per heavy atom. The second kappa shape index (κ2) is 8.66. The van der Waals surface area contributed by atoms with Crippen molar-refractivity contribution in [3.63, 3.8) is 0 Å². The van der Waals surface area contributed by atoms with Gasteiger partial charge in [-0.25, -0.2) is 0 Å². The van der Waals surface area contributed by atoms with Crippen molar-refractivity contribution in [1.82, 2.24) is 4.98 Å². The first kappa shape index (κ1) is 20.0. The number of hydrogen-bond donors (Lipinski definition) is 2. The van der Waals surface area contributed by atoms with E-state index in [0.717, 1.165) is 30.0 Å². The molecule has 0 saturated carbocycles. The maximum atomic E-state index is 6.28. The highest BCUT2D eigenvalue weighted by molar-refractivity contribution is 6.31. The van der Waals surface area contributed by atoms with Gasteiger partial charge in [0.2, 0.25) is 0 Å². The number of rotatable bonds is 6. The van der Waals surface area contributed by atoms with Gasteiger partial charge in [-0.15, -0.1) is 0 Å². The normalized spacial score (nSPS) is 15.6. The molecule has 0 aliphatic carbocycles. The van der Waals surface area contributed by atoms with E-state index in [0.29, 0.717) is 18.2 Å². The molecule has 1 aliphatic heterocycles. The number of fused-ring (bicyclic) bond motifs is 3. The molecule has 4 aromatic rings. The van der Waals surface area contributed by atoms with E-state index in [1.807, 2.05) is 37.3 Å². The maximum absolute atomic E-state index is 6.28. The molecule has 1 atom stereocenters. The molecule has 1 aromatic heterocycles. The van der Waals surface area contributed by atoms with Crippen molar-refractivity contribution in [3.8, 4) is 11.5 Å². The second-order valence-corrected chi connectivity index (χ2v) is 8.24. The van der Waals surface area contributed by atoms with Gasteiger partial charge in [0.05, 0.1) is 18.8 Å². The van der Waals surface area contributed by atoms with E-state index in [-0.39, 0.29) is 6.04 Å². The Hall–Kier alpha value is -2.95. The van der Waals surface area contributed by atoms with Crippen LogP contribution in [-0.4, -0.2) is 18.1 Å². The first-order chi connectivity index (χ1) is 15.2. The molecule has 0 bridgehead atoms. The van der Waals surface area contributed by atoms with Crippen molar-refractivity contribution in [3.05, 3.63) is 94.1 Å². The highest BCUT2D eigenvalue weighted by Gasteiger charge is 2.29. The van der Waals surface area contributed by atoms with Crippen LogP contribution in [0.25, 0.3) is 10.9 Å². The van der Waals surface area contributed by atoms with E-state index < -0.39 is 0 Å². The van der Waals surface area contributed by atoms with Crippen LogP contribution in [0.1, 0.15) is 35.3 Å². The van der Waals surface area contributed by atoms with Crippen molar-refractivity contribution < 1.29 is 14.8 Å². The largest absolute Gasteiger partial charge is 0.490 e. The van der Waals surface area contributed by atoms with Gasteiger partial charge in [0, 0.05) is 33.5 Å². The Balaban J connectivity index is 1.46. The van der Waals surface area contributed by atoms with Crippen molar-refractivity contribution in [2.45, 2.75) is 26.0 Å². The average molecular weight is 434 g/mol. The molecule has 31 heavy (non-hydrogen) atoms. The third-order valence-corrected chi connectivity index (χ3v) is 6.29. The summed E-state index contributed by atoms with van der Waals surface area (Å²) in [5.74, 6) is 1.50. The summed E-state index contributed by atoms with van der Waals surface area (Å²) in [5, 5.41) is 4.44. The molecule has 0 amide bonds. The van der Waals surface area contributed by atoms with Gasteiger partial charge in [-0.3, -0.25) is 0 Å². The van der Waals surface area contributed by atoms with Gasteiger partial charge in [-0.1, -0.05) is 48.0 Å². The molecule has 0 radical (unpaired) electrons. The fraction of sp³-hybridized carbons (Fsp3) is 0.231. The standard InChI is InChI=1S/C26H25ClN2O2/c1-2-30-24-15-17(11-12-23(24)31-16-18-7-3-5-9-21(18)27)25-26-20(13-14-28-25)19-8-4-6-10-22(19)29-26/h3-12,15,25,28-29H,2,13-14,16H2,1H3/p+1. The van der Waals surface area contributed by atoms with E-state index in [1.54, 1.807) is 0 Å². The molecule has 5 heteroatoms. The molecule has 1 aliphatic rings. The summed E-state index contributed by atoms with van der Waals surface area (Å²) in [7, 11) is 0. The predicted octanol–water partition coefficient (Wildman–Crippen LogP) is 5.01. The smallest absolute Gasteiger partial charge is 0.161 e. The predicted molar refractivity (Wildman–Crippen MR) is 124 cm³/mol. The lowest BCUT2D eigenvalue weighted by Gasteiger charge is -2.22. The van der Waals surface area contributed by atoms with Crippen LogP contribution < -0.4 is 14.8 Å². The highest BCUT2D eigenvalue weighted by atomic mass is 35.5. The summed E-state index contributed by atoms with van der Waals surface area (Å²) in [4.78, 5) is 3.67. The maximum Gasteiger partial charge on any atom is 0.161 e. The van der Waals surface area contributed by atoms with Gasteiger partial charge in [-0.2, -0.15) is 0 Å². The van der Waals surface area contributed by atoms with Crippen LogP contribution in [0.15, 0.2) is 66.7 Å². The molecule has 0 spiro atoms. The van der Waals surface area contributed by atoms with Crippen LogP contribution in [0.3, 0.4) is 0 Å². The van der Waals surface area contributed by atoms with E-state index in [1.165, 1.54) is 27.7 Å². The number of para-hydroxylation sites is 1. The molecular weight excluding hydrogens is 408 g/mol. The van der Waals surface area contributed by atoms with Crippen LogP contribution in [-0.2, 0) is 13.0 Å². The second-order valence-electron chi connectivity index (χ2n) is 7.83. The zero-order valence-corrected chi connectivity index (χ0v) is 18.3. The van der Waals surface area contributed by atoms with Crippen molar-refractivity contribution in [2.75, 3.05) is 13.2 Å². The third kappa shape index (κ3) is 3.89. The summed E-state index contributed by atoms with van der Waals surface area (Å²) in [6.07, 6.45) is 1.08. The molecular formula is C26H26ClN2O2+. The van der Waals surface area contributed by atoms with Gasteiger partial charge >= 0.3 is 0 Å². The summed E-state index contributed by atoms with van der Waals surface area (Å²) >= 11 is 6.28. The fourth-order valence-electron chi connectivity index (χ4n) is 4.45. The molecule has 3 aromatic carbocycles. The number of aromatic amines is 1. The molecule has 2 heterocycles. The number of ether oxygens (including phenoxy) is 2. The SMILES string of the molecule is CCOc1cc(C2[NH2+]CCc3c2[nH]c2ccccc32)ccc1OCc1ccccc1Cl. The third-order valence-electron chi connectivity index (χ3n) is 5.92. The van der Waals surface area contributed by atoms with E-state index in [2.05, 4.69) is 46.7 Å². The Bertz CT molecular complexity index is 1220. The minimum Gasteiger partial charge on any atom is -0.490 e. The Kier molecular flexibility index (Phi) is 5.58. The number of quaternary nitrogens is 1. The Morgan fingerprint density at radius 3 is 2.71 bits per heavy atom. The van der Waals surface area contributed by atoms with Crippen molar-refractivity contribution in [2.24, 2.45) is 0 Å². The van der Waals surface area contributed by atoms with Gasteiger partial charge in [0.1, 0.15) is 6.61 Å². The van der Waals surface area contributed by atoms with Gasteiger partial charge < -0.3 is 19.8 Å². The first-order valence-corrected chi connectivity index (χ1v) is 11.2. The molecule has 4 nitrogen and oxygen atoms in total. The van der Waals surface area contributed by atoms with E-state index in [9.17, 15) is 0 Å². The number of nitrogens with one attached hydrogen (secondary N) is 1. The van der Waals surface area contributed by atoms with Gasteiger partial charge in [-0.05, 0) is 42.8 Å². The number of halogens is 1. The lowest BCUT2D eigenvalue weighted by atomic mass is 9.94. The number of aromatic nitrogens is 1. The zero-order valence-electron chi connectivity index (χ0n) is 17.5. The van der Waals surface area contributed by atoms with Crippen LogP contribution in [0.5, 0.6) is 11.5 Å².